The van der Waals surface area contributed by atoms with Crippen LogP contribution in [0.25, 0.3) is 0 Å². The van der Waals surface area contributed by atoms with Gasteiger partial charge in [-0.3, -0.25) is 0 Å². The van der Waals surface area contributed by atoms with Crippen LogP contribution in [0.4, 0.5) is 4.39 Å². The van der Waals surface area contributed by atoms with Crippen molar-refractivity contribution in [3.63, 3.8) is 0 Å². The lowest BCUT2D eigenvalue weighted by molar-refractivity contribution is 0.0690. The highest BCUT2D eigenvalue weighted by molar-refractivity contribution is 5.87. The van der Waals surface area contributed by atoms with E-state index in [-0.39, 0.29) is 12.2 Å². The van der Waals surface area contributed by atoms with Crippen LogP contribution < -0.4 is 0 Å². The number of aromatic carboxylic acids is 1. The number of halogens is 1. The van der Waals surface area contributed by atoms with Crippen LogP contribution in [0.1, 0.15) is 15.9 Å². The van der Waals surface area contributed by atoms with Gasteiger partial charge in [-0.2, -0.15) is 4.39 Å². The molecule has 0 atom stereocenters. The van der Waals surface area contributed by atoms with Crippen molar-refractivity contribution in [3.05, 3.63) is 29.3 Å². The fourth-order valence-electron chi connectivity index (χ4n) is 0.808. The van der Waals surface area contributed by atoms with Gasteiger partial charge in [-0.1, -0.05) is 11.8 Å². The van der Waals surface area contributed by atoms with Crippen molar-refractivity contribution < 1.29 is 19.4 Å². The highest BCUT2D eigenvalue weighted by Crippen LogP contribution is 2.06. The van der Waals surface area contributed by atoms with Gasteiger partial charge in [-0.25, -0.2) is 9.78 Å². The van der Waals surface area contributed by atoms with Crippen molar-refractivity contribution in [1.82, 2.24) is 4.98 Å². The van der Waals surface area contributed by atoms with Crippen LogP contribution in [0.15, 0.2) is 12.3 Å². The second-order valence-electron chi connectivity index (χ2n) is 2.33. The molecule has 0 radical (unpaired) electrons. The molecule has 1 aromatic rings. The van der Waals surface area contributed by atoms with Crippen LogP contribution in [-0.2, 0) is 0 Å². The van der Waals surface area contributed by atoms with E-state index in [1.165, 1.54) is 0 Å². The zero-order chi connectivity index (χ0) is 10.6. The molecule has 72 valence electrons. The first-order chi connectivity index (χ1) is 6.65. The maximum Gasteiger partial charge on any atom is 0.340 e. The van der Waals surface area contributed by atoms with E-state index in [2.05, 4.69) is 16.8 Å². The van der Waals surface area contributed by atoms with Gasteiger partial charge in [0.2, 0.25) is 5.95 Å². The lowest BCUT2D eigenvalue weighted by Crippen LogP contribution is -2.03. The van der Waals surface area contributed by atoms with Gasteiger partial charge in [0.1, 0.15) is 12.2 Å². The average molecular weight is 195 g/mol. The molecule has 0 aliphatic carbocycles. The fourth-order valence-corrected chi connectivity index (χ4v) is 0.808. The molecule has 0 spiro atoms. The van der Waals surface area contributed by atoms with Gasteiger partial charge >= 0.3 is 5.97 Å². The zero-order valence-electron chi connectivity index (χ0n) is 6.99. The highest BCUT2D eigenvalue weighted by Gasteiger charge is 2.11. The van der Waals surface area contributed by atoms with E-state index in [1.807, 2.05) is 0 Å². The molecule has 4 nitrogen and oxygen atoms in total. The molecule has 0 saturated carbocycles. The van der Waals surface area contributed by atoms with Crippen molar-refractivity contribution in [2.45, 2.75) is 0 Å². The number of aliphatic hydroxyl groups is 1. The van der Waals surface area contributed by atoms with Gasteiger partial charge in [0.15, 0.2) is 0 Å². The number of carboxylic acid groups (broad SMARTS) is 1. The van der Waals surface area contributed by atoms with Crippen LogP contribution in [0.2, 0.25) is 0 Å². The van der Waals surface area contributed by atoms with Gasteiger partial charge in [0, 0.05) is 11.8 Å². The summed E-state index contributed by atoms with van der Waals surface area (Å²) >= 11 is 0. The number of rotatable bonds is 1. The average Bonchev–Trinajstić information content (AvgIpc) is 2.16. The van der Waals surface area contributed by atoms with E-state index in [0.29, 0.717) is 0 Å². The second kappa shape index (κ2) is 4.35. The number of pyridine rings is 1. The molecule has 0 amide bonds. The molecule has 5 heteroatoms. The summed E-state index contributed by atoms with van der Waals surface area (Å²) in [7, 11) is 0. The van der Waals surface area contributed by atoms with Gasteiger partial charge in [-0.15, -0.1) is 0 Å². The summed E-state index contributed by atoms with van der Waals surface area (Å²) in [5, 5.41) is 16.9. The third-order valence-corrected chi connectivity index (χ3v) is 1.38. The van der Waals surface area contributed by atoms with Crippen molar-refractivity contribution >= 4 is 5.97 Å². The first-order valence-corrected chi connectivity index (χ1v) is 3.63. The summed E-state index contributed by atoms with van der Waals surface area (Å²) in [5.41, 5.74) is -0.285. The van der Waals surface area contributed by atoms with Crippen molar-refractivity contribution in [1.29, 1.82) is 0 Å². The normalized spacial score (nSPS) is 9.00. The fraction of sp³-hybridized carbons (Fsp3) is 0.111. The molecule has 1 heterocycles. The third-order valence-electron chi connectivity index (χ3n) is 1.38. The molecule has 0 bridgehead atoms. The van der Waals surface area contributed by atoms with E-state index < -0.39 is 17.5 Å². The molecule has 0 aliphatic heterocycles. The summed E-state index contributed by atoms with van der Waals surface area (Å²) in [6.07, 6.45) is 1.10. The Labute approximate surface area is 79.0 Å². The SMILES string of the molecule is O=C(O)c1cc(C#CCO)cnc1F. The lowest BCUT2D eigenvalue weighted by atomic mass is 10.2. The largest absolute Gasteiger partial charge is 0.478 e. The predicted molar refractivity (Wildman–Crippen MR) is 45.1 cm³/mol. The standard InChI is InChI=1S/C9H6FNO3/c10-8-7(9(13)14)4-6(5-11-8)2-1-3-12/h4-5,12H,3H2,(H,13,14). The Morgan fingerprint density at radius 3 is 2.93 bits per heavy atom. The Hall–Kier alpha value is -1.93. The Balaban J connectivity index is 3.13. The topological polar surface area (TPSA) is 70.4 Å². The molecule has 0 unspecified atom stereocenters. The van der Waals surface area contributed by atoms with E-state index in [4.69, 9.17) is 10.2 Å². The van der Waals surface area contributed by atoms with E-state index in [0.717, 1.165) is 12.3 Å². The van der Waals surface area contributed by atoms with Crippen molar-refractivity contribution in [2.75, 3.05) is 6.61 Å². The van der Waals surface area contributed by atoms with Gasteiger partial charge in [0.25, 0.3) is 0 Å². The summed E-state index contributed by atoms with van der Waals surface area (Å²) in [6.45, 7) is -0.347. The number of hydrogen-bond acceptors (Lipinski definition) is 3. The molecular formula is C9H6FNO3. The first kappa shape index (κ1) is 10.2. The molecule has 2 N–H and O–H groups in total. The smallest absolute Gasteiger partial charge is 0.340 e. The molecule has 14 heavy (non-hydrogen) atoms. The molecule has 1 rings (SSSR count). The van der Waals surface area contributed by atoms with Gasteiger partial charge in [0.05, 0.1) is 0 Å². The van der Waals surface area contributed by atoms with E-state index >= 15 is 0 Å². The Bertz CT molecular complexity index is 420. The van der Waals surface area contributed by atoms with Gasteiger partial charge < -0.3 is 10.2 Å². The minimum Gasteiger partial charge on any atom is -0.478 e. The summed E-state index contributed by atoms with van der Waals surface area (Å²) in [5.74, 6) is 2.28. The second-order valence-corrected chi connectivity index (χ2v) is 2.33. The molecule has 0 fully saturated rings. The monoisotopic (exact) mass is 195 g/mol. The van der Waals surface area contributed by atoms with Crippen molar-refractivity contribution in [2.24, 2.45) is 0 Å². The number of hydrogen-bond donors (Lipinski definition) is 2. The molecule has 1 aromatic heterocycles. The minimum absolute atomic E-state index is 0.248. The maximum absolute atomic E-state index is 12.8. The number of carboxylic acids is 1. The number of aromatic nitrogens is 1. The summed E-state index contributed by atoms with van der Waals surface area (Å²) in [6, 6.07) is 1.06. The quantitative estimate of drug-likeness (QED) is 0.498. The van der Waals surface area contributed by atoms with Crippen LogP contribution in [-0.4, -0.2) is 27.8 Å². The zero-order valence-corrected chi connectivity index (χ0v) is 6.99. The Kier molecular flexibility index (Phi) is 3.15. The van der Waals surface area contributed by atoms with Crippen LogP contribution in [0, 0.1) is 17.8 Å². The lowest BCUT2D eigenvalue weighted by Gasteiger charge is -1.96. The van der Waals surface area contributed by atoms with Crippen LogP contribution >= 0.6 is 0 Å². The van der Waals surface area contributed by atoms with Gasteiger partial charge in [-0.05, 0) is 6.07 Å². The molecule has 0 saturated heterocycles. The first-order valence-electron chi connectivity index (χ1n) is 3.63. The highest BCUT2D eigenvalue weighted by atomic mass is 19.1. The third kappa shape index (κ3) is 2.28. The number of nitrogens with zero attached hydrogens (tertiary/aromatic N) is 1. The minimum atomic E-state index is -1.40. The Morgan fingerprint density at radius 2 is 2.36 bits per heavy atom. The summed E-state index contributed by atoms with van der Waals surface area (Å²) in [4.78, 5) is 13.7. The number of aliphatic hydroxyl groups excluding tert-OH is 1. The van der Waals surface area contributed by atoms with Crippen molar-refractivity contribution in [3.8, 4) is 11.8 Å². The maximum atomic E-state index is 12.8. The predicted octanol–water partition coefficient (Wildman–Crippen LogP) is 0.263. The molecule has 0 aliphatic rings. The van der Waals surface area contributed by atoms with Crippen LogP contribution in [0.5, 0.6) is 0 Å². The molecule has 0 aromatic carbocycles. The molecular weight excluding hydrogens is 189 g/mol. The van der Waals surface area contributed by atoms with E-state index in [9.17, 15) is 9.18 Å². The Morgan fingerprint density at radius 1 is 1.64 bits per heavy atom. The van der Waals surface area contributed by atoms with E-state index in [1.54, 1.807) is 0 Å². The number of carbonyl (C=O) groups is 1. The summed E-state index contributed by atoms with van der Waals surface area (Å²) < 4.78 is 12.8. The van der Waals surface area contributed by atoms with Crippen LogP contribution in [0.3, 0.4) is 0 Å².